The van der Waals surface area contributed by atoms with Gasteiger partial charge in [0.15, 0.2) is 0 Å². The van der Waals surface area contributed by atoms with Crippen LogP contribution in [0.2, 0.25) is 0 Å². The van der Waals surface area contributed by atoms with Gasteiger partial charge in [0.1, 0.15) is 12.1 Å². The molecule has 5 heteroatoms. The summed E-state index contributed by atoms with van der Waals surface area (Å²) in [5.41, 5.74) is 0. The van der Waals surface area contributed by atoms with E-state index in [1.807, 2.05) is 6.92 Å². The molecule has 0 bridgehead atoms. The number of ether oxygens (including phenoxy) is 1. The first kappa shape index (κ1) is 11.0. The molecule has 0 atom stereocenters. The van der Waals surface area contributed by atoms with Crippen molar-refractivity contribution in [3.63, 3.8) is 0 Å². The van der Waals surface area contributed by atoms with Gasteiger partial charge in [-0.05, 0) is 6.42 Å². The van der Waals surface area contributed by atoms with Gasteiger partial charge in [0.05, 0.1) is 6.61 Å². The normalized spacial score (nSPS) is 9.86. The van der Waals surface area contributed by atoms with Crippen molar-refractivity contribution in [2.75, 3.05) is 24.3 Å². The Labute approximate surface area is 88.7 Å². The zero-order valence-electron chi connectivity index (χ0n) is 8.16. The van der Waals surface area contributed by atoms with E-state index in [-0.39, 0.29) is 0 Å². The molecular weight excluding hydrogens is 202 g/mol. The van der Waals surface area contributed by atoms with Crippen LogP contribution in [0.15, 0.2) is 12.4 Å². The summed E-state index contributed by atoms with van der Waals surface area (Å²) in [7, 11) is 0. The number of nitrogens with one attached hydrogen (secondary N) is 1. The quantitative estimate of drug-likeness (QED) is 0.737. The molecule has 1 N–H and O–H groups in total. The summed E-state index contributed by atoms with van der Waals surface area (Å²) < 4.78 is 5.35. The van der Waals surface area contributed by atoms with Gasteiger partial charge in [-0.3, -0.25) is 0 Å². The van der Waals surface area contributed by atoms with Gasteiger partial charge in [-0.2, -0.15) is 0 Å². The summed E-state index contributed by atoms with van der Waals surface area (Å²) >= 11 is 5.54. The summed E-state index contributed by atoms with van der Waals surface area (Å²) in [6.45, 7) is 3.41. The van der Waals surface area contributed by atoms with Crippen LogP contribution in [0.4, 0.5) is 5.82 Å². The number of anilines is 1. The lowest BCUT2D eigenvalue weighted by molar-refractivity contribution is 0.305. The van der Waals surface area contributed by atoms with Crippen LogP contribution in [-0.4, -0.2) is 29.0 Å². The predicted octanol–water partition coefficient (Wildman–Crippen LogP) is 1.92. The smallest absolute Gasteiger partial charge is 0.218 e. The molecule has 1 heterocycles. The molecule has 4 nitrogen and oxygen atoms in total. The van der Waals surface area contributed by atoms with E-state index in [1.165, 1.54) is 6.33 Å². The van der Waals surface area contributed by atoms with E-state index in [0.717, 1.165) is 12.2 Å². The Morgan fingerprint density at radius 2 is 2.36 bits per heavy atom. The van der Waals surface area contributed by atoms with Crippen LogP contribution in [0.3, 0.4) is 0 Å². The fraction of sp³-hybridized carbons (Fsp3) is 0.556. The molecule has 0 amide bonds. The van der Waals surface area contributed by atoms with E-state index in [0.29, 0.717) is 24.9 Å². The van der Waals surface area contributed by atoms with Gasteiger partial charge in [-0.15, -0.1) is 11.6 Å². The first-order valence-electron chi connectivity index (χ1n) is 4.61. The van der Waals surface area contributed by atoms with Crippen LogP contribution in [0.5, 0.6) is 5.88 Å². The summed E-state index contributed by atoms with van der Waals surface area (Å²) in [5, 5.41) is 3.05. The second-order valence-electron chi connectivity index (χ2n) is 2.71. The highest BCUT2D eigenvalue weighted by molar-refractivity contribution is 6.18. The molecule has 0 spiro atoms. The number of alkyl halides is 1. The molecule has 78 valence electrons. The van der Waals surface area contributed by atoms with Gasteiger partial charge < -0.3 is 10.1 Å². The van der Waals surface area contributed by atoms with E-state index in [1.54, 1.807) is 6.07 Å². The maximum absolute atomic E-state index is 5.54. The van der Waals surface area contributed by atoms with Gasteiger partial charge in [-0.25, -0.2) is 9.97 Å². The molecule has 1 aromatic rings. The van der Waals surface area contributed by atoms with Crippen molar-refractivity contribution in [1.29, 1.82) is 0 Å². The molecule has 0 fully saturated rings. The van der Waals surface area contributed by atoms with Gasteiger partial charge in [0.25, 0.3) is 0 Å². The van der Waals surface area contributed by atoms with Crippen LogP contribution < -0.4 is 10.1 Å². The second kappa shape index (κ2) is 6.43. The number of nitrogens with zero attached hydrogens (tertiary/aromatic N) is 2. The van der Waals surface area contributed by atoms with Crippen molar-refractivity contribution in [1.82, 2.24) is 9.97 Å². The molecule has 0 aliphatic carbocycles. The van der Waals surface area contributed by atoms with Crippen LogP contribution in [-0.2, 0) is 0 Å². The summed E-state index contributed by atoms with van der Waals surface area (Å²) in [5.74, 6) is 1.89. The molecule has 0 aliphatic heterocycles. The molecule has 0 aromatic carbocycles. The molecule has 0 unspecified atom stereocenters. The highest BCUT2D eigenvalue weighted by atomic mass is 35.5. The minimum atomic E-state index is 0.551. The lowest BCUT2D eigenvalue weighted by Gasteiger charge is -2.05. The van der Waals surface area contributed by atoms with Crippen molar-refractivity contribution in [3.8, 4) is 5.88 Å². The molecule has 0 saturated carbocycles. The average molecular weight is 216 g/mol. The number of rotatable bonds is 6. The SMILES string of the molecule is CCCOc1cc(NCCCl)ncn1. The van der Waals surface area contributed by atoms with Crippen LogP contribution in [0.25, 0.3) is 0 Å². The summed E-state index contributed by atoms with van der Waals surface area (Å²) in [6, 6.07) is 1.77. The first-order valence-corrected chi connectivity index (χ1v) is 5.15. The van der Waals surface area contributed by atoms with Crippen molar-refractivity contribution in [2.24, 2.45) is 0 Å². The Kier molecular flexibility index (Phi) is 5.07. The topological polar surface area (TPSA) is 47.0 Å². The Balaban J connectivity index is 2.50. The number of hydrogen-bond donors (Lipinski definition) is 1. The third kappa shape index (κ3) is 3.79. The third-order valence-electron chi connectivity index (χ3n) is 1.50. The van der Waals surface area contributed by atoms with E-state index in [9.17, 15) is 0 Å². The maximum Gasteiger partial charge on any atom is 0.218 e. The molecular formula is C9H14ClN3O. The standard InChI is InChI=1S/C9H14ClN3O/c1-2-5-14-9-6-8(11-4-3-10)12-7-13-9/h6-7H,2-5H2,1H3,(H,11,12,13). The molecule has 14 heavy (non-hydrogen) atoms. The zero-order valence-corrected chi connectivity index (χ0v) is 8.92. The van der Waals surface area contributed by atoms with Crippen molar-refractivity contribution in [2.45, 2.75) is 13.3 Å². The lowest BCUT2D eigenvalue weighted by atomic mass is 10.5. The highest BCUT2D eigenvalue weighted by Gasteiger charge is 1.97. The van der Waals surface area contributed by atoms with Gasteiger partial charge >= 0.3 is 0 Å². The molecule has 0 radical (unpaired) electrons. The largest absolute Gasteiger partial charge is 0.478 e. The Morgan fingerprint density at radius 1 is 1.50 bits per heavy atom. The van der Waals surface area contributed by atoms with E-state index in [4.69, 9.17) is 16.3 Å². The minimum absolute atomic E-state index is 0.551. The second-order valence-corrected chi connectivity index (χ2v) is 3.08. The first-order chi connectivity index (χ1) is 6.86. The number of halogens is 1. The summed E-state index contributed by atoms with van der Waals surface area (Å²) in [4.78, 5) is 8.00. The average Bonchev–Trinajstić information content (AvgIpc) is 2.24. The fourth-order valence-electron chi connectivity index (χ4n) is 0.897. The number of hydrogen-bond acceptors (Lipinski definition) is 4. The zero-order chi connectivity index (χ0) is 10.2. The third-order valence-corrected chi connectivity index (χ3v) is 1.69. The van der Waals surface area contributed by atoms with Gasteiger partial charge in [0.2, 0.25) is 5.88 Å². The van der Waals surface area contributed by atoms with Gasteiger partial charge in [-0.1, -0.05) is 6.92 Å². The Hall–Kier alpha value is -1.03. The van der Waals surface area contributed by atoms with Gasteiger partial charge in [0, 0.05) is 18.5 Å². The van der Waals surface area contributed by atoms with Crippen molar-refractivity contribution in [3.05, 3.63) is 12.4 Å². The van der Waals surface area contributed by atoms with Crippen molar-refractivity contribution >= 4 is 17.4 Å². The van der Waals surface area contributed by atoms with E-state index >= 15 is 0 Å². The molecule has 0 saturated heterocycles. The van der Waals surface area contributed by atoms with E-state index in [2.05, 4.69) is 15.3 Å². The molecule has 1 rings (SSSR count). The summed E-state index contributed by atoms with van der Waals surface area (Å²) in [6.07, 6.45) is 2.44. The van der Waals surface area contributed by atoms with E-state index < -0.39 is 0 Å². The monoisotopic (exact) mass is 215 g/mol. The molecule has 1 aromatic heterocycles. The van der Waals surface area contributed by atoms with Crippen LogP contribution in [0, 0.1) is 0 Å². The predicted molar refractivity (Wildman–Crippen MR) is 57.0 cm³/mol. The highest BCUT2D eigenvalue weighted by Crippen LogP contribution is 2.10. The Bertz CT molecular complexity index is 247. The fourth-order valence-corrected chi connectivity index (χ4v) is 0.992. The number of aromatic nitrogens is 2. The lowest BCUT2D eigenvalue weighted by Crippen LogP contribution is -2.05. The minimum Gasteiger partial charge on any atom is -0.478 e. The maximum atomic E-state index is 5.54. The van der Waals surface area contributed by atoms with Crippen LogP contribution in [0.1, 0.15) is 13.3 Å². The van der Waals surface area contributed by atoms with Crippen LogP contribution >= 0.6 is 11.6 Å². The Morgan fingerprint density at radius 3 is 3.07 bits per heavy atom. The van der Waals surface area contributed by atoms with Crippen molar-refractivity contribution < 1.29 is 4.74 Å². The molecule has 0 aliphatic rings.